The number of anilines is 1. The molecular weight excluding hydrogens is 268 g/mol. The molecule has 1 atom stereocenters. The van der Waals surface area contributed by atoms with Crippen LogP contribution >= 0.6 is 0 Å². The Hall–Kier alpha value is -1.86. The van der Waals surface area contributed by atoms with Crippen LogP contribution in [0.25, 0.3) is 0 Å². The van der Waals surface area contributed by atoms with E-state index in [4.69, 9.17) is 4.74 Å². The molecule has 102 valence electrons. The molecule has 1 aromatic rings. The Morgan fingerprint density at radius 1 is 1.53 bits per heavy atom. The van der Waals surface area contributed by atoms with Gasteiger partial charge < -0.3 is 10.1 Å². The van der Waals surface area contributed by atoms with Crippen LogP contribution in [-0.4, -0.2) is 27.0 Å². The summed E-state index contributed by atoms with van der Waals surface area (Å²) in [6.45, 7) is 5.20. The van der Waals surface area contributed by atoms with Gasteiger partial charge in [0.05, 0.1) is 10.6 Å². The molecule has 6 nitrogen and oxygen atoms in total. The second-order valence-electron chi connectivity index (χ2n) is 4.05. The lowest BCUT2D eigenvalue weighted by molar-refractivity contribution is -0.122. The van der Waals surface area contributed by atoms with E-state index in [9.17, 15) is 13.2 Å². The molecule has 0 bridgehead atoms. The zero-order valence-corrected chi connectivity index (χ0v) is 11.2. The highest BCUT2D eigenvalue weighted by Crippen LogP contribution is 2.31. The van der Waals surface area contributed by atoms with Gasteiger partial charge in [-0.2, -0.15) is 0 Å². The number of amides is 1. The summed E-state index contributed by atoms with van der Waals surface area (Å²) in [6.07, 6.45) is 0.858. The van der Waals surface area contributed by atoms with Gasteiger partial charge >= 0.3 is 0 Å². The minimum absolute atomic E-state index is 0.0616. The van der Waals surface area contributed by atoms with Crippen molar-refractivity contribution in [2.24, 2.45) is 0 Å². The van der Waals surface area contributed by atoms with Crippen molar-refractivity contribution < 1.29 is 17.9 Å². The Bertz CT molecular complexity index is 625. The van der Waals surface area contributed by atoms with Crippen molar-refractivity contribution in [2.75, 3.05) is 11.9 Å². The van der Waals surface area contributed by atoms with E-state index in [1.807, 2.05) is 0 Å². The number of benzene rings is 1. The van der Waals surface area contributed by atoms with Gasteiger partial charge in [0.15, 0.2) is 6.10 Å². The molecule has 1 aliphatic heterocycles. The highest BCUT2D eigenvalue weighted by Gasteiger charge is 2.25. The molecule has 1 heterocycles. The smallest absolute Gasteiger partial charge is 0.265 e. The van der Waals surface area contributed by atoms with Crippen LogP contribution in [0.3, 0.4) is 0 Å². The maximum Gasteiger partial charge on any atom is 0.265 e. The van der Waals surface area contributed by atoms with Crippen molar-refractivity contribution >= 4 is 21.6 Å². The van der Waals surface area contributed by atoms with Crippen LogP contribution in [0, 0.1) is 0 Å². The maximum atomic E-state index is 11.9. The summed E-state index contributed by atoms with van der Waals surface area (Å²) in [5, 5.41) is 2.60. The van der Waals surface area contributed by atoms with Gasteiger partial charge in [0, 0.05) is 6.54 Å². The van der Waals surface area contributed by atoms with Crippen LogP contribution in [0.2, 0.25) is 0 Å². The van der Waals surface area contributed by atoms with Gasteiger partial charge in [0.2, 0.25) is 10.0 Å². The maximum absolute atomic E-state index is 11.9. The number of carbonyl (C=O) groups is 1. The Kier molecular flexibility index (Phi) is 3.59. The highest BCUT2D eigenvalue weighted by atomic mass is 32.2. The first-order valence-corrected chi connectivity index (χ1v) is 7.14. The van der Waals surface area contributed by atoms with Crippen molar-refractivity contribution in [3.05, 3.63) is 30.9 Å². The molecule has 0 radical (unpaired) electrons. The van der Waals surface area contributed by atoms with Gasteiger partial charge in [-0.3, -0.25) is 4.79 Å². The van der Waals surface area contributed by atoms with E-state index < -0.39 is 16.1 Å². The molecule has 2 N–H and O–H groups in total. The first-order chi connectivity index (χ1) is 8.94. The van der Waals surface area contributed by atoms with Crippen molar-refractivity contribution in [1.82, 2.24) is 4.72 Å². The van der Waals surface area contributed by atoms with Gasteiger partial charge in [0.25, 0.3) is 5.91 Å². The lowest BCUT2D eigenvalue weighted by atomic mass is 10.2. The van der Waals surface area contributed by atoms with Crippen LogP contribution in [-0.2, 0) is 14.8 Å². The van der Waals surface area contributed by atoms with E-state index in [-0.39, 0.29) is 17.3 Å². The molecular formula is C12H14N2O4S. The van der Waals surface area contributed by atoms with E-state index in [1.54, 1.807) is 6.92 Å². The average molecular weight is 282 g/mol. The molecule has 7 heteroatoms. The molecule has 1 aliphatic rings. The molecule has 0 unspecified atom stereocenters. The lowest BCUT2D eigenvalue weighted by Gasteiger charge is -2.23. The standard InChI is InChI=1S/C12H14N2O4S/c1-3-6-13-19(16,17)9-4-5-11-10(7-9)14-12(15)8(2)18-11/h3-5,7-8,13H,1,6H2,2H3,(H,14,15)/t8-/m1/s1. The highest BCUT2D eigenvalue weighted by molar-refractivity contribution is 7.89. The SMILES string of the molecule is C=CCNS(=O)(=O)c1ccc2c(c1)NC(=O)[C@@H](C)O2. The summed E-state index contributed by atoms with van der Waals surface area (Å²) in [6, 6.07) is 4.31. The average Bonchev–Trinajstić information content (AvgIpc) is 2.37. The number of hydrogen-bond acceptors (Lipinski definition) is 4. The van der Waals surface area contributed by atoms with Crippen LogP contribution < -0.4 is 14.8 Å². The van der Waals surface area contributed by atoms with Crippen molar-refractivity contribution in [3.63, 3.8) is 0 Å². The zero-order valence-electron chi connectivity index (χ0n) is 10.3. The monoisotopic (exact) mass is 282 g/mol. The molecule has 1 aromatic carbocycles. The summed E-state index contributed by atoms with van der Waals surface area (Å²) in [5.74, 6) is 0.149. The van der Waals surface area contributed by atoms with Crippen LogP contribution in [0.15, 0.2) is 35.7 Å². The van der Waals surface area contributed by atoms with E-state index in [1.165, 1.54) is 24.3 Å². The number of fused-ring (bicyclic) bond motifs is 1. The zero-order chi connectivity index (χ0) is 14.0. The quantitative estimate of drug-likeness (QED) is 0.803. The first-order valence-electron chi connectivity index (χ1n) is 5.66. The summed E-state index contributed by atoms with van der Waals surface area (Å²) in [7, 11) is -3.62. The number of hydrogen-bond donors (Lipinski definition) is 2. The van der Waals surface area contributed by atoms with Gasteiger partial charge in [-0.05, 0) is 25.1 Å². The third-order valence-electron chi connectivity index (χ3n) is 2.61. The predicted octanol–water partition coefficient (Wildman–Crippen LogP) is 0.870. The fraction of sp³-hybridized carbons (Fsp3) is 0.250. The molecule has 2 rings (SSSR count). The van der Waals surface area contributed by atoms with Crippen molar-refractivity contribution in [3.8, 4) is 5.75 Å². The number of ether oxygens (including phenoxy) is 1. The fourth-order valence-electron chi connectivity index (χ4n) is 1.61. The van der Waals surface area contributed by atoms with Gasteiger partial charge in [-0.15, -0.1) is 6.58 Å². The predicted molar refractivity (Wildman–Crippen MR) is 70.5 cm³/mol. The third-order valence-corrected chi connectivity index (χ3v) is 4.03. The van der Waals surface area contributed by atoms with Crippen LogP contribution in [0.1, 0.15) is 6.92 Å². The number of rotatable bonds is 4. The summed E-state index contributed by atoms with van der Waals surface area (Å²) < 4.78 is 31.5. The molecule has 0 saturated heterocycles. The Labute approximate surface area is 111 Å². The van der Waals surface area contributed by atoms with Crippen molar-refractivity contribution in [1.29, 1.82) is 0 Å². The largest absolute Gasteiger partial charge is 0.479 e. The Morgan fingerprint density at radius 3 is 2.95 bits per heavy atom. The summed E-state index contributed by atoms with van der Waals surface area (Å²) >= 11 is 0. The second kappa shape index (κ2) is 5.02. The van der Waals surface area contributed by atoms with Crippen LogP contribution in [0.4, 0.5) is 5.69 Å². The number of carbonyl (C=O) groups excluding carboxylic acids is 1. The summed E-state index contributed by atoms with van der Waals surface area (Å²) in [5.41, 5.74) is 0.351. The van der Waals surface area contributed by atoms with Gasteiger partial charge in [-0.1, -0.05) is 6.08 Å². The van der Waals surface area contributed by atoms with Crippen LogP contribution in [0.5, 0.6) is 5.75 Å². The van der Waals surface area contributed by atoms with Gasteiger partial charge in [0.1, 0.15) is 5.75 Å². The van der Waals surface area contributed by atoms with E-state index in [0.717, 1.165) is 0 Å². The minimum Gasteiger partial charge on any atom is -0.479 e. The van der Waals surface area contributed by atoms with E-state index in [2.05, 4.69) is 16.6 Å². The number of sulfonamides is 1. The van der Waals surface area contributed by atoms with E-state index >= 15 is 0 Å². The molecule has 19 heavy (non-hydrogen) atoms. The first kappa shape index (κ1) is 13.6. The second-order valence-corrected chi connectivity index (χ2v) is 5.81. The Morgan fingerprint density at radius 2 is 2.26 bits per heavy atom. The topological polar surface area (TPSA) is 84.5 Å². The molecule has 0 saturated carbocycles. The molecule has 0 aliphatic carbocycles. The fourth-order valence-corrected chi connectivity index (χ4v) is 2.63. The minimum atomic E-state index is -3.62. The molecule has 0 aromatic heterocycles. The Balaban J connectivity index is 2.34. The molecule has 0 spiro atoms. The van der Waals surface area contributed by atoms with Crippen molar-refractivity contribution in [2.45, 2.75) is 17.9 Å². The lowest BCUT2D eigenvalue weighted by Crippen LogP contribution is -2.34. The van der Waals surface area contributed by atoms with Gasteiger partial charge in [-0.25, -0.2) is 13.1 Å². The normalized spacial score (nSPS) is 18.2. The summed E-state index contributed by atoms with van der Waals surface area (Å²) in [4.78, 5) is 11.5. The third kappa shape index (κ3) is 2.77. The number of nitrogens with one attached hydrogen (secondary N) is 2. The molecule has 1 amide bonds. The molecule has 0 fully saturated rings. The van der Waals surface area contributed by atoms with E-state index in [0.29, 0.717) is 11.4 Å².